The maximum Gasteiger partial charge on any atom is 0.410 e. The standard InChI is InChI=1S/C24H27NO7/c1-24(2,3)32-23(28)25-12-17(15-7-10-18-19(11-15)31-13-30-18)20(22(26)27)21(25)14-5-8-16(29-4)9-6-14/h5-11,17,20-21H,12-13H2,1-4H3,(H,26,27)/t17-,20+,21-/m1/s1. The third kappa shape index (κ3) is 4.17. The van der Waals surface area contributed by atoms with E-state index in [9.17, 15) is 14.7 Å². The SMILES string of the molecule is COc1ccc([C@@H]2[C@@H](C(=O)O)[C@@H](c3ccc4c(c3)OCO4)CN2C(=O)OC(C)(C)C)cc1. The third-order valence-corrected chi connectivity index (χ3v) is 5.70. The number of amides is 1. The molecule has 32 heavy (non-hydrogen) atoms. The summed E-state index contributed by atoms with van der Waals surface area (Å²) in [5.41, 5.74) is 0.760. The predicted molar refractivity (Wildman–Crippen MR) is 115 cm³/mol. The van der Waals surface area contributed by atoms with Crippen LogP contribution in [0.25, 0.3) is 0 Å². The molecule has 8 heteroatoms. The Morgan fingerprint density at radius 2 is 1.69 bits per heavy atom. The van der Waals surface area contributed by atoms with Gasteiger partial charge in [-0.1, -0.05) is 18.2 Å². The van der Waals surface area contributed by atoms with Crippen LogP contribution in [-0.2, 0) is 9.53 Å². The van der Waals surface area contributed by atoms with Crippen LogP contribution in [0, 0.1) is 5.92 Å². The lowest BCUT2D eigenvalue weighted by atomic mass is 9.83. The molecule has 0 bridgehead atoms. The van der Waals surface area contributed by atoms with Crippen LogP contribution in [0.15, 0.2) is 42.5 Å². The van der Waals surface area contributed by atoms with Crippen LogP contribution in [0.3, 0.4) is 0 Å². The van der Waals surface area contributed by atoms with Crippen molar-refractivity contribution in [3.8, 4) is 17.2 Å². The number of carbonyl (C=O) groups is 2. The van der Waals surface area contributed by atoms with Crippen molar-refractivity contribution < 1.29 is 33.6 Å². The van der Waals surface area contributed by atoms with Crippen molar-refractivity contribution in [2.75, 3.05) is 20.4 Å². The number of rotatable bonds is 4. The molecule has 0 spiro atoms. The topological polar surface area (TPSA) is 94.5 Å². The summed E-state index contributed by atoms with van der Waals surface area (Å²) in [6, 6.07) is 11.8. The van der Waals surface area contributed by atoms with E-state index in [1.165, 1.54) is 4.90 Å². The highest BCUT2D eigenvalue weighted by molar-refractivity contribution is 5.77. The molecule has 0 radical (unpaired) electrons. The normalized spacial score (nSPS) is 22.0. The van der Waals surface area contributed by atoms with E-state index in [1.807, 2.05) is 6.07 Å². The van der Waals surface area contributed by atoms with Crippen molar-refractivity contribution in [1.82, 2.24) is 4.90 Å². The van der Waals surface area contributed by atoms with E-state index in [-0.39, 0.29) is 13.3 Å². The average molecular weight is 441 g/mol. The third-order valence-electron chi connectivity index (χ3n) is 5.70. The Kier molecular flexibility index (Phi) is 5.62. The molecule has 1 amide bonds. The highest BCUT2D eigenvalue weighted by Gasteiger charge is 2.50. The van der Waals surface area contributed by atoms with E-state index in [0.717, 1.165) is 5.56 Å². The van der Waals surface area contributed by atoms with Crippen molar-refractivity contribution in [2.45, 2.75) is 38.3 Å². The highest BCUT2D eigenvalue weighted by Crippen LogP contribution is 2.48. The number of hydrogen-bond donors (Lipinski definition) is 1. The van der Waals surface area contributed by atoms with Gasteiger partial charge in [0.1, 0.15) is 11.4 Å². The average Bonchev–Trinajstić information content (AvgIpc) is 3.36. The van der Waals surface area contributed by atoms with Crippen molar-refractivity contribution in [2.24, 2.45) is 5.92 Å². The largest absolute Gasteiger partial charge is 0.497 e. The Hall–Kier alpha value is -3.42. The monoisotopic (exact) mass is 441 g/mol. The summed E-state index contributed by atoms with van der Waals surface area (Å²) in [5, 5.41) is 10.2. The van der Waals surface area contributed by atoms with Crippen molar-refractivity contribution in [1.29, 1.82) is 0 Å². The molecule has 2 aliphatic heterocycles. The van der Waals surface area contributed by atoms with Gasteiger partial charge in [0.25, 0.3) is 0 Å². The lowest BCUT2D eigenvalue weighted by Crippen LogP contribution is -2.38. The Morgan fingerprint density at radius 1 is 1.03 bits per heavy atom. The molecule has 8 nitrogen and oxygen atoms in total. The molecular formula is C24H27NO7. The molecule has 0 unspecified atom stereocenters. The molecule has 1 fully saturated rings. The van der Waals surface area contributed by atoms with Crippen molar-refractivity contribution >= 4 is 12.1 Å². The highest BCUT2D eigenvalue weighted by atomic mass is 16.7. The number of carbonyl (C=O) groups excluding carboxylic acids is 1. The van der Waals surface area contributed by atoms with Gasteiger partial charge in [-0.3, -0.25) is 9.69 Å². The zero-order valence-corrected chi connectivity index (χ0v) is 18.5. The number of benzene rings is 2. The van der Waals surface area contributed by atoms with Crippen molar-refractivity contribution in [3.63, 3.8) is 0 Å². The second-order valence-corrected chi connectivity index (χ2v) is 8.93. The number of ether oxygens (including phenoxy) is 4. The fourth-order valence-electron chi connectivity index (χ4n) is 4.31. The first-order valence-electron chi connectivity index (χ1n) is 10.4. The smallest absolute Gasteiger partial charge is 0.410 e. The first-order valence-corrected chi connectivity index (χ1v) is 10.4. The Bertz CT molecular complexity index is 1010. The first-order chi connectivity index (χ1) is 15.2. The van der Waals surface area contributed by atoms with Crippen LogP contribution in [0.5, 0.6) is 17.2 Å². The van der Waals surface area contributed by atoms with Crippen LogP contribution in [0.2, 0.25) is 0 Å². The molecule has 4 rings (SSSR count). The number of methoxy groups -OCH3 is 1. The van der Waals surface area contributed by atoms with E-state index in [1.54, 1.807) is 64.3 Å². The van der Waals surface area contributed by atoms with Gasteiger partial charge in [-0.05, 0) is 56.2 Å². The fourth-order valence-corrected chi connectivity index (χ4v) is 4.31. The lowest BCUT2D eigenvalue weighted by molar-refractivity contribution is -0.143. The molecular weight excluding hydrogens is 414 g/mol. The molecule has 2 aromatic carbocycles. The summed E-state index contributed by atoms with van der Waals surface area (Å²) in [6.45, 7) is 5.68. The number of nitrogens with zero attached hydrogens (tertiary/aromatic N) is 1. The fraction of sp³-hybridized carbons (Fsp3) is 0.417. The summed E-state index contributed by atoms with van der Waals surface area (Å²) in [6.07, 6.45) is -0.548. The molecule has 170 valence electrons. The van der Waals surface area contributed by atoms with Gasteiger partial charge in [0.05, 0.1) is 19.1 Å². The second kappa shape index (κ2) is 8.26. The van der Waals surface area contributed by atoms with E-state index in [2.05, 4.69) is 0 Å². The molecule has 0 aromatic heterocycles. The van der Waals surface area contributed by atoms with E-state index >= 15 is 0 Å². The second-order valence-electron chi connectivity index (χ2n) is 8.93. The lowest BCUT2D eigenvalue weighted by Gasteiger charge is -2.30. The van der Waals surface area contributed by atoms with Gasteiger partial charge in [-0.15, -0.1) is 0 Å². The van der Waals surface area contributed by atoms with Gasteiger partial charge < -0.3 is 24.1 Å². The quantitative estimate of drug-likeness (QED) is 0.760. The van der Waals surface area contributed by atoms with Crippen molar-refractivity contribution in [3.05, 3.63) is 53.6 Å². The van der Waals surface area contributed by atoms with Gasteiger partial charge in [0, 0.05) is 12.5 Å². The van der Waals surface area contributed by atoms with Gasteiger partial charge >= 0.3 is 12.1 Å². The molecule has 1 saturated heterocycles. The van der Waals surface area contributed by atoms with E-state index < -0.39 is 35.5 Å². The number of hydrogen-bond acceptors (Lipinski definition) is 6. The molecule has 2 heterocycles. The molecule has 0 saturated carbocycles. The number of fused-ring (bicyclic) bond motifs is 1. The summed E-state index contributed by atoms with van der Waals surface area (Å²) < 4.78 is 21.7. The summed E-state index contributed by atoms with van der Waals surface area (Å²) >= 11 is 0. The van der Waals surface area contributed by atoms with Gasteiger partial charge in [0.15, 0.2) is 11.5 Å². The van der Waals surface area contributed by atoms with Crippen LogP contribution in [-0.4, -0.2) is 48.1 Å². The Morgan fingerprint density at radius 3 is 2.31 bits per heavy atom. The first kappa shape index (κ1) is 21.8. The molecule has 0 aliphatic carbocycles. The van der Waals surface area contributed by atoms with Crippen LogP contribution >= 0.6 is 0 Å². The van der Waals surface area contributed by atoms with E-state index in [0.29, 0.717) is 22.8 Å². The van der Waals surface area contributed by atoms with Gasteiger partial charge in [-0.25, -0.2) is 4.79 Å². The van der Waals surface area contributed by atoms with Crippen LogP contribution < -0.4 is 14.2 Å². The molecule has 3 atom stereocenters. The predicted octanol–water partition coefficient (Wildman–Crippen LogP) is 4.20. The molecule has 1 N–H and O–H groups in total. The van der Waals surface area contributed by atoms with E-state index in [4.69, 9.17) is 18.9 Å². The number of carboxylic acids is 1. The maximum atomic E-state index is 13.1. The Balaban J connectivity index is 1.76. The Labute approximate surface area is 186 Å². The molecule has 2 aromatic rings. The number of likely N-dealkylation sites (tertiary alicyclic amines) is 1. The maximum absolute atomic E-state index is 13.1. The van der Waals surface area contributed by atoms with Crippen LogP contribution in [0.4, 0.5) is 4.79 Å². The number of aliphatic carboxylic acids is 1. The van der Waals surface area contributed by atoms with Gasteiger partial charge in [0.2, 0.25) is 6.79 Å². The van der Waals surface area contributed by atoms with Crippen LogP contribution in [0.1, 0.15) is 43.9 Å². The minimum Gasteiger partial charge on any atom is -0.497 e. The summed E-state index contributed by atoms with van der Waals surface area (Å²) in [5.74, 6) is -0.482. The summed E-state index contributed by atoms with van der Waals surface area (Å²) in [4.78, 5) is 27.2. The zero-order valence-electron chi connectivity index (χ0n) is 18.5. The number of carboxylic acid groups (broad SMARTS) is 1. The summed E-state index contributed by atoms with van der Waals surface area (Å²) in [7, 11) is 1.56. The zero-order chi connectivity index (χ0) is 23.0. The minimum absolute atomic E-state index is 0.129. The minimum atomic E-state index is -0.987. The molecule has 2 aliphatic rings. The van der Waals surface area contributed by atoms with Gasteiger partial charge in [-0.2, -0.15) is 0 Å².